The quantitative estimate of drug-likeness (QED) is 0.800. The van der Waals surface area contributed by atoms with E-state index in [0.29, 0.717) is 16.1 Å². The number of aliphatic hydroxyl groups is 1. The van der Waals surface area contributed by atoms with Crippen molar-refractivity contribution in [2.24, 2.45) is 0 Å². The molecule has 2 aromatic carbocycles. The molecule has 1 atom stereocenters. The normalized spacial score (nSPS) is 12.3. The fraction of sp³-hybridized carbons (Fsp3) is 0.0625. The Morgan fingerprint density at radius 1 is 1.14 bits per heavy atom. The van der Waals surface area contributed by atoms with Crippen LogP contribution >= 0.6 is 11.6 Å². The minimum atomic E-state index is -1.02. The van der Waals surface area contributed by atoms with Crippen molar-refractivity contribution in [1.29, 1.82) is 0 Å². The van der Waals surface area contributed by atoms with Gasteiger partial charge in [-0.25, -0.2) is 9.07 Å². The van der Waals surface area contributed by atoms with E-state index in [0.717, 1.165) is 5.69 Å². The molecule has 0 radical (unpaired) electrons. The Labute approximate surface area is 126 Å². The van der Waals surface area contributed by atoms with Gasteiger partial charge in [0.15, 0.2) is 0 Å². The average Bonchev–Trinajstić information content (AvgIpc) is 3.00. The summed E-state index contributed by atoms with van der Waals surface area (Å²) in [6, 6.07) is 13.4. The van der Waals surface area contributed by atoms with E-state index in [4.69, 9.17) is 11.6 Å². The van der Waals surface area contributed by atoms with Crippen LogP contribution in [0.25, 0.3) is 5.69 Å². The highest BCUT2D eigenvalue weighted by atomic mass is 35.5. The summed E-state index contributed by atoms with van der Waals surface area (Å²) < 4.78 is 14.9. The van der Waals surface area contributed by atoms with E-state index in [9.17, 15) is 9.50 Å². The molecule has 106 valence electrons. The highest BCUT2D eigenvalue weighted by Gasteiger charge is 2.17. The van der Waals surface area contributed by atoms with E-state index in [-0.39, 0.29) is 0 Å². The van der Waals surface area contributed by atoms with Gasteiger partial charge in [-0.1, -0.05) is 29.8 Å². The third-order valence-electron chi connectivity index (χ3n) is 3.19. The highest BCUT2D eigenvalue weighted by Crippen LogP contribution is 2.29. The van der Waals surface area contributed by atoms with Crippen molar-refractivity contribution >= 4 is 11.6 Å². The molecule has 0 spiro atoms. The molecule has 0 aliphatic heterocycles. The first-order valence-corrected chi connectivity index (χ1v) is 6.76. The molecule has 0 aliphatic rings. The average molecular weight is 303 g/mol. The first kappa shape index (κ1) is 13.8. The molecule has 0 saturated heterocycles. The molecular formula is C16H12ClFN2O. The van der Waals surface area contributed by atoms with E-state index < -0.39 is 11.9 Å². The van der Waals surface area contributed by atoms with Crippen molar-refractivity contribution in [3.8, 4) is 5.69 Å². The maximum absolute atomic E-state index is 13.3. The van der Waals surface area contributed by atoms with Gasteiger partial charge in [0, 0.05) is 22.3 Å². The van der Waals surface area contributed by atoms with Gasteiger partial charge in [0.2, 0.25) is 0 Å². The van der Waals surface area contributed by atoms with Crippen LogP contribution in [0.4, 0.5) is 4.39 Å². The van der Waals surface area contributed by atoms with Gasteiger partial charge in [-0.05, 0) is 30.3 Å². The number of benzene rings is 2. The highest BCUT2D eigenvalue weighted by molar-refractivity contribution is 6.31. The standard InChI is InChI=1S/C16H12ClFN2O/c17-15-7-6-12(18)8-14(15)16(21)11-9-19-20(10-11)13-4-2-1-3-5-13/h1-10,16,21H. The molecule has 21 heavy (non-hydrogen) atoms. The topological polar surface area (TPSA) is 38.1 Å². The zero-order chi connectivity index (χ0) is 14.8. The second-order valence-corrected chi connectivity index (χ2v) is 5.03. The van der Waals surface area contributed by atoms with E-state index in [1.807, 2.05) is 30.3 Å². The van der Waals surface area contributed by atoms with Gasteiger partial charge in [0.1, 0.15) is 11.9 Å². The number of hydrogen-bond acceptors (Lipinski definition) is 2. The lowest BCUT2D eigenvalue weighted by Crippen LogP contribution is -2.00. The molecule has 3 rings (SSSR count). The van der Waals surface area contributed by atoms with Crippen molar-refractivity contribution in [3.63, 3.8) is 0 Å². The van der Waals surface area contributed by atoms with Gasteiger partial charge < -0.3 is 5.11 Å². The fourth-order valence-corrected chi connectivity index (χ4v) is 2.32. The van der Waals surface area contributed by atoms with Gasteiger partial charge in [-0.15, -0.1) is 0 Å². The second kappa shape index (κ2) is 5.68. The van der Waals surface area contributed by atoms with Crippen LogP contribution in [0.1, 0.15) is 17.2 Å². The minimum absolute atomic E-state index is 0.316. The summed E-state index contributed by atoms with van der Waals surface area (Å²) in [7, 11) is 0. The number of para-hydroxylation sites is 1. The Morgan fingerprint density at radius 2 is 1.90 bits per heavy atom. The lowest BCUT2D eigenvalue weighted by atomic mass is 10.0. The molecule has 5 heteroatoms. The summed E-state index contributed by atoms with van der Waals surface area (Å²) in [4.78, 5) is 0. The maximum atomic E-state index is 13.3. The summed E-state index contributed by atoms with van der Waals surface area (Å²) in [5, 5.41) is 14.9. The minimum Gasteiger partial charge on any atom is -0.383 e. The molecule has 1 heterocycles. The largest absolute Gasteiger partial charge is 0.383 e. The molecule has 3 nitrogen and oxygen atoms in total. The monoisotopic (exact) mass is 302 g/mol. The van der Waals surface area contributed by atoms with Crippen LogP contribution < -0.4 is 0 Å². The lowest BCUT2D eigenvalue weighted by molar-refractivity contribution is 0.220. The molecule has 0 saturated carbocycles. The summed E-state index contributed by atoms with van der Waals surface area (Å²) in [5.74, 6) is -0.441. The molecule has 1 aromatic heterocycles. The maximum Gasteiger partial charge on any atom is 0.123 e. The van der Waals surface area contributed by atoms with E-state index in [1.54, 1.807) is 17.1 Å². The second-order valence-electron chi connectivity index (χ2n) is 4.62. The molecule has 3 aromatic rings. The smallest absolute Gasteiger partial charge is 0.123 e. The molecule has 1 N–H and O–H groups in total. The Balaban J connectivity index is 1.94. The van der Waals surface area contributed by atoms with Crippen LogP contribution in [0.2, 0.25) is 5.02 Å². The summed E-state index contributed by atoms with van der Waals surface area (Å²) in [6.45, 7) is 0. The molecule has 1 unspecified atom stereocenters. The first-order chi connectivity index (χ1) is 10.1. The number of halogens is 2. The van der Waals surface area contributed by atoms with Crippen LogP contribution in [-0.4, -0.2) is 14.9 Å². The zero-order valence-corrected chi connectivity index (χ0v) is 11.7. The summed E-state index contributed by atoms with van der Waals surface area (Å²) in [6.07, 6.45) is 2.21. The summed E-state index contributed by atoms with van der Waals surface area (Å²) >= 11 is 6.01. The molecule has 0 bridgehead atoms. The predicted octanol–water partition coefficient (Wildman–Crippen LogP) is 3.75. The van der Waals surface area contributed by atoms with Gasteiger partial charge in [-0.2, -0.15) is 5.10 Å². The number of aliphatic hydroxyl groups excluding tert-OH is 1. The predicted molar refractivity (Wildman–Crippen MR) is 79.0 cm³/mol. The van der Waals surface area contributed by atoms with Gasteiger partial charge in [0.25, 0.3) is 0 Å². The SMILES string of the molecule is OC(c1cnn(-c2ccccc2)c1)c1cc(F)ccc1Cl. The van der Waals surface area contributed by atoms with Crippen LogP contribution in [0.5, 0.6) is 0 Å². The first-order valence-electron chi connectivity index (χ1n) is 6.38. The Kier molecular flexibility index (Phi) is 3.73. The van der Waals surface area contributed by atoms with Crippen molar-refractivity contribution in [3.05, 3.63) is 82.9 Å². The molecule has 0 amide bonds. The zero-order valence-electron chi connectivity index (χ0n) is 10.9. The number of aromatic nitrogens is 2. The molecule has 0 fully saturated rings. The van der Waals surface area contributed by atoms with E-state index in [2.05, 4.69) is 5.10 Å². The Bertz CT molecular complexity index is 758. The number of rotatable bonds is 3. The fourth-order valence-electron chi connectivity index (χ4n) is 2.10. The Morgan fingerprint density at radius 3 is 2.67 bits per heavy atom. The Hall–Kier alpha value is -2.17. The molecular weight excluding hydrogens is 291 g/mol. The van der Waals surface area contributed by atoms with Crippen molar-refractivity contribution in [2.75, 3.05) is 0 Å². The lowest BCUT2D eigenvalue weighted by Gasteiger charge is -2.10. The summed E-state index contributed by atoms with van der Waals surface area (Å²) in [5.41, 5.74) is 1.75. The van der Waals surface area contributed by atoms with Gasteiger partial charge >= 0.3 is 0 Å². The van der Waals surface area contributed by atoms with Crippen molar-refractivity contribution in [1.82, 2.24) is 9.78 Å². The van der Waals surface area contributed by atoms with E-state index in [1.165, 1.54) is 18.2 Å². The van der Waals surface area contributed by atoms with Crippen LogP contribution in [0.15, 0.2) is 60.9 Å². The van der Waals surface area contributed by atoms with Crippen molar-refractivity contribution < 1.29 is 9.50 Å². The number of nitrogens with zero attached hydrogens (tertiary/aromatic N) is 2. The van der Waals surface area contributed by atoms with Gasteiger partial charge in [-0.3, -0.25) is 0 Å². The third-order valence-corrected chi connectivity index (χ3v) is 3.54. The van der Waals surface area contributed by atoms with Crippen LogP contribution in [0.3, 0.4) is 0 Å². The van der Waals surface area contributed by atoms with Crippen LogP contribution in [-0.2, 0) is 0 Å². The van der Waals surface area contributed by atoms with Gasteiger partial charge in [0.05, 0.1) is 11.9 Å². The number of hydrogen-bond donors (Lipinski definition) is 1. The molecule has 0 aliphatic carbocycles. The van der Waals surface area contributed by atoms with Crippen LogP contribution in [0, 0.1) is 5.82 Å². The van der Waals surface area contributed by atoms with Crippen molar-refractivity contribution in [2.45, 2.75) is 6.10 Å². The third kappa shape index (κ3) is 2.82. The van der Waals surface area contributed by atoms with E-state index >= 15 is 0 Å².